The van der Waals surface area contributed by atoms with E-state index in [1.807, 2.05) is 0 Å². The molecule has 3 aliphatic rings. The molecular weight excluding hydrogens is 317 g/mol. The smallest absolute Gasteiger partial charge is 0.396 e. The predicted molar refractivity (Wildman–Crippen MR) is 71.8 cm³/mol. The van der Waals surface area contributed by atoms with Gasteiger partial charge in [-0.1, -0.05) is 0 Å². The summed E-state index contributed by atoms with van der Waals surface area (Å²) in [4.78, 5) is 12.6. The summed E-state index contributed by atoms with van der Waals surface area (Å²) >= 11 is 0. The van der Waals surface area contributed by atoms with Crippen molar-refractivity contribution in [2.24, 2.45) is 11.3 Å². The van der Waals surface area contributed by atoms with Gasteiger partial charge in [-0.05, 0) is 19.8 Å². The van der Waals surface area contributed by atoms with Crippen molar-refractivity contribution in [3.05, 3.63) is 0 Å². The number of rotatable bonds is 8. The summed E-state index contributed by atoms with van der Waals surface area (Å²) in [5.74, 6) is -1.22. The molecule has 8 heteroatoms. The fraction of sp³-hybridized carbons (Fsp3) is 0.933. The zero-order valence-corrected chi connectivity index (χ0v) is 12.9. The quantitative estimate of drug-likeness (QED) is 0.535. The van der Waals surface area contributed by atoms with Gasteiger partial charge in [-0.15, -0.1) is 0 Å². The number of carbonyl (C=O) groups excluding carboxylic acids is 1. The first-order chi connectivity index (χ1) is 11.9. The van der Waals surface area contributed by atoms with Crippen LogP contribution in [0.4, 0.5) is 13.2 Å². The molecule has 0 aromatic carbocycles. The molecule has 5 nitrogen and oxygen atoms in total. The number of epoxide rings is 1. The molecule has 1 unspecified atom stereocenters. The Kier molecular flexibility index (Phi) is 3.04. The summed E-state index contributed by atoms with van der Waals surface area (Å²) < 4.78 is 74.9. The minimum Gasteiger partial charge on any atom is -0.396 e. The summed E-state index contributed by atoms with van der Waals surface area (Å²) in [6.45, 7) is 0.0487. The number of hydrogen-bond donors (Lipinski definition) is 1. The number of alkyl halides is 3. The molecule has 23 heavy (non-hydrogen) atoms. The molecule has 2 saturated carbocycles. The molecule has 1 heterocycles. The van der Waals surface area contributed by atoms with Crippen molar-refractivity contribution in [2.45, 2.75) is 49.6 Å². The standard InChI is InChI=1S/C15H21F3O5/c1-12(10(23-12)4-6-22-8-14(16,17)18)11-13(7-19)5-3-9(20)15(11,13)21-2/h10-11,19H,3-8H2,1-2H3/t10-,11-,12?,13-,15+/m1/s1/i3D2,19D. The van der Waals surface area contributed by atoms with Crippen molar-refractivity contribution >= 4 is 5.78 Å². The minimum atomic E-state index is -4.39. The number of halogens is 3. The fourth-order valence-corrected chi connectivity index (χ4v) is 4.38. The van der Waals surface area contributed by atoms with Crippen molar-refractivity contribution in [3.8, 4) is 0 Å². The lowest BCUT2D eigenvalue weighted by Gasteiger charge is -2.15. The monoisotopic (exact) mass is 341 g/mol. The van der Waals surface area contributed by atoms with Crippen molar-refractivity contribution in [1.29, 1.82) is 1.43 Å². The molecular formula is C15H21F3O5. The fourth-order valence-electron chi connectivity index (χ4n) is 4.38. The first kappa shape index (κ1) is 13.6. The zero-order chi connectivity index (χ0) is 19.6. The van der Waals surface area contributed by atoms with Gasteiger partial charge in [-0.25, -0.2) is 0 Å². The van der Waals surface area contributed by atoms with E-state index >= 15 is 0 Å². The molecule has 0 aromatic heterocycles. The van der Waals surface area contributed by atoms with Crippen LogP contribution in [0.25, 0.3) is 0 Å². The first-order valence-electron chi connectivity index (χ1n) is 8.82. The SMILES string of the molecule is [2H]OC[C@@]12CC([2H])([2H])C(=O)[C@]1(OC)[C@@H]2C1(C)O[C@@H]1CCOCC(F)(F)F. The van der Waals surface area contributed by atoms with Crippen LogP contribution in [0.1, 0.15) is 28.9 Å². The van der Waals surface area contributed by atoms with Crippen LogP contribution in [-0.2, 0) is 19.0 Å². The zero-order valence-electron chi connectivity index (χ0n) is 15.9. The van der Waals surface area contributed by atoms with E-state index in [1.54, 1.807) is 6.92 Å². The van der Waals surface area contributed by atoms with Gasteiger partial charge in [-0.2, -0.15) is 13.2 Å². The normalized spacial score (nSPS) is 49.3. The molecule has 1 saturated heterocycles. The number of aliphatic hydroxyl groups excluding tert-OH is 1. The van der Waals surface area contributed by atoms with Crippen molar-refractivity contribution < 1.29 is 40.0 Å². The average Bonchev–Trinajstić information content (AvgIpc) is 3.32. The second kappa shape index (κ2) is 5.15. The predicted octanol–water partition coefficient (Wildman–Crippen LogP) is 1.47. The Labute approximate surface area is 136 Å². The molecule has 0 aromatic rings. The summed E-state index contributed by atoms with van der Waals surface area (Å²) in [5, 5.41) is 4.51. The van der Waals surface area contributed by atoms with E-state index in [2.05, 4.69) is 9.85 Å². The van der Waals surface area contributed by atoms with Crippen LogP contribution in [-0.4, -0.2) is 62.7 Å². The number of carbonyl (C=O) groups is 1. The number of ether oxygens (including phenoxy) is 3. The van der Waals surface area contributed by atoms with Gasteiger partial charge in [0.15, 0.2) is 5.78 Å². The van der Waals surface area contributed by atoms with Gasteiger partial charge in [0.1, 0.15) is 12.2 Å². The van der Waals surface area contributed by atoms with Gasteiger partial charge in [0.2, 0.25) is 1.43 Å². The molecule has 0 bridgehead atoms. The third kappa shape index (κ3) is 2.26. The van der Waals surface area contributed by atoms with Crippen LogP contribution in [0.5, 0.6) is 0 Å². The van der Waals surface area contributed by atoms with E-state index in [9.17, 15) is 18.0 Å². The van der Waals surface area contributed by atoms with Crippen LogP contribution in [0.3, 0.4) is 0 Å². The highest BCUT2D eigenvalue weighted by Gasteiger charge is 2.90. The van der Waals surface area contributed by atoms with Crippen LogP contribution in [0, 0.1) is 11.3 Å². The van der Waals surface area contributed by atoms with E-state index in [4.69, 9.17) is 13.6 Å². The number of ketones is 1. The molecule has 5 atom stereocenters. The van der Waals surface area contributed by atoms with E-state index in [1.165, 1.54) is 7.11 Å². The Bertz CT molecular complexity index is 604. The van der Waals surface area contributed by atoms with Crippen molar-refractivity contribution in [2.75, 3.05) is 26.9 Å². The Hall–Kier alpha value is -0.700. The number of hydrogen-bond acceptors (Lipinski definition) is 5. The van der Waals surface area contributed by atoms with Crippen LogP contribution >= 0.6 is 0 Å². The second-order valence-corrected chi connectivity index (χ2v) is 6.60. The lowest BCUT2D eigenvalue weighted by atomic mass is 9.89. The topological polar surface area (TPSA) is 68.3 Å². The molecule has 0 radical (unpaired) electrons. The van der Waals surface area contributed by atoms with Gasteiger partial charge < -0.3 is 19.3 Å². The van der Waals surface area contributed by atoms with Gasteiger partial charge in [-0.3, -0.25) is 4.79 Å². The number of methoxy groups -OCH3 is 1. The summed E-state index contributed by atoms with van der Waals surface area (Å²) in [6.07, 6.45) is -6.84. The molecule has 3 fully saturated rings. The Morgan fingerprint density at radius 3 is 2.91 bits per heavy atom. The second-order valence-electron chi connectivity index (χ2n) is 6.60. The third-order valence-corrected chi connectivity index (χ3v) is 5.44. The van der Waals surface area contributed by atoms with Crippen molar-refractivity contribution in [3.63, 3.8) is 0 Å². The van der Waals surface area contributed by atoms with E-state index in [0.717, 1.165) is 0 Å². The Morgan fingerprint density at radius 1 is 1.57 bits per heavy atom. The lowest BCUT2D eigenvalue weighted by molar-refractivity contribution is -0.174. The van der Waals surface area contributed by atoms with Gasteiger partial charge in [0, 0.05) is 34.2 Å². The highest BCUT2D eigenvalue weighted by molar-refractivity contribution is 5.96. The maximum absolute atomic E-state index is 12.6. The number of fused-ring (bicyclic) bond motifs is 1. The van der Waals surface area contributed by atoms with Gasteiger partial charge >= 0.3 is 6.18 Å². The highest BCUT2D eigenvalue weighted by atomic mass is 19.4. The van der Waals surface area contributed by atoms with Gasteiger partial charge in [0.25, 0.3) is 0 Å². The molecule has 1 aliphatic heterocycles. The van der Waals surface area contributed by atoms with Crippen LogP contribution in [0.15, 0.2) is 0 Å². The largest absolute Gasteiger partial charge is 0.411 e. The van der Waals surface area contributed by atoms with Gasteiger partial charge in [0.05, 0.1) is 18.3 Å². The third-order valence-electron chi connectivity index (χ3n) is 5.44. The van der Waals surface area contributed by atoms with E-state index in [-0.39, 0.29) is 26.1 Å². The molecule has 0 amide bonds. The summed E-state index contributed by atoms with van der Waals surface area (Å²) in [7, 11) is 1.31. The minimum absolute atomic E-state index is 0.146. The molecule has 1 N–H and O–H groups in total. The average molecular weight is 341 g/mol. The van der Waals surface area contributed by atoms with Crippen LogP contribution < -0.4 is 0 Å². The Morgan fingerprint density at radius 2 is 2.30 bits per heavy atom. The van der Waals surface area contributed by atoms with E-state index < -0.39 is 53.6 Å². The van der Waals surface area contributed by atoms with E-state index in [0.29, 0.717) is 0 Å². The number of Topliss-reactive ketones (excluding diaryl/α,β-unsaturated/α-hetero) is 1. The molecule has 2 aliphatic carbocycles. The van der Waals surface area contributed by atoms with Crippen LogP contribution in [0.2, 0.25) is 0 Å². The molecule has 0 spiro atoms. The molecule has 132 valence electrons. The van der Waals surface area contributed by atoms with Crippen molar-refractivity contribution in [1.82, 2.24) is 0 Å². The first-order valence-corrected chi connectivity index (χ1v) is 7.42. The summed E-state index contributed by atoms with van der Waals surface area (Å²) in [5.41, 5.74) is -3.31. The maximum atomic E-state index is 12.6. The Balaban J connectivity index is 1.69. The summed E-state index contributed by atoms with van der Waals surface area (Å²) in [6, 6.07) is 0. The number of aliphatic hydroxyl groups is 1. The molecule has 3 rings (SSSR count). The highest BCUT2D eigenvalue weighted by Crippen LogP contribution is 2.78. The maximum Gasteiger partial charge on any atom is 0.411 e. The lowest BCUT2D eigenvalue weighted by Crippen LogP contribution is -2.31.